The van der Waals surface area contributed by atoms with Crippen LogP contribution < -0.4 is 103 Å². The minimum atomic E-state index is 0.188. The van der Waals surface area contributed by atoms with Gasteiger partial charge in [0.1, 0.15) is 30.1 Å². The van der Waals surface area contributed by atoms with Crippen LogP contribution in [0.1, 0.15) is 105 Å². The highest BCUT2D eigenvalue weighted by Gasteiger charge is 2.22. The highest BCUT2D eigenvalue weighted by molar-refractivity contribution is 5.78. The zero-order chi connectivity index (χ0) is 95.3. The van der Waals surface area contributed by atoms with E-state index in [-0.39, 0.29) is 37.0 Å². The summed E-state index contributed by atoms with van der Waals surface area (Å²) in [6.45, 7) is 23.0. The molecule has 0 spiro atoms. The number of rotatable bonds is 30. The van der Waals surface area contributed by atoms with Crippen LogP contribution in [0.15, 0.2) is 243 Å². The average molecular weight is 1860 g/mol. The summed E-state index contributed by atoms with van der Waals surface area (Å²) in [5, 5.41) is 56.3. The van der Waals surface area contributed by atoms with E-state index in [2.05, 4.69) is 197 Å². The maximum Gasteiger partial charge on any atom is 0.233 e. The molecule has 0 saturated heterocycles. The molecule has 1 aliphatic carbocycles. The van der Waals surface area contributed by atoms with Crippen molar-refractivity contribution < 1.29 is 28.4 Å². The van der Waals surface area contributed by atoms with Gasteiger partial charge in [-0.15, -0.1) is 0 Å². The van der Waals surface area contributed by atoms with Gasteiger partial charge in [0.2, 0.25) is 90.1 Å². The maximum absolute atomic E-state index is 5.76. The number of benzene rings is 10. The summed E-state index contributed by atoms with van der Waals surface area (Å²) in [6, 6.07) is 79.3. The monoisotopic (exact) mass is 1850 g/mol. The SMILES string of the molecule is CC(C)Nc1nc(Cc2cccc3n[nH]nc23)nc(Nc2ccccc2)n1.CC(C)Nc1nc(Nc2ccccc2)nc(Nc2ccc3c(c2)CCC3)n1.CC(C)Nc1nc(Nc2ccccc2)nc(Nc2ccc3c(c2)OCCCO3)n1.CC(C)Nc1nc(Nc2ccccc2)nc(Nc2ccc3c(c2)OCCO3)n1.CC(C)Nc1nc(Nc2ccccc2)nc(Nc2ccc3c(c2)OCO3)n1. The van der Waals surface area contributed by atoms with Crippen molar-refractivity contribution in [1.82, 2.24) is 90.2 Å². The van der Waals surface area contributed by atoms with Crippen LogP contribution >= 0.6 is 0 Å². The molecular weight excluding hydrogens is 1750 g/mol. The number of aryl methyl sites for hydroxylation is 2. The lowest BCUT2D eigenvalue weighted by molar-refractivity contribution is 0.171. The first-order valence-corrected chi connectivity index (χ1v) is 45.7. The predicted molar refractivity (Wildman–Crippen MR) is 542 cm³/mol. The van der Waals surface area contributed by atoms with Gasteiger partial charge >= 0.3 is 0 Å². The Kier molecular flexibility index (Phi) is 31.5. The molecule has 0 bridgehead atoms. The Hall–Kier alpha value is -17.4. The van der Waals surface area contributed by atoms with Gasteiger partial charge in [-0.1, -0.05) is 109 Å². The lowest BCUT2D eigenvalue weighted by atomic mass is 10.1. The fourth-order valence-corrected chi connectivity index (χ4v) is 14.1. The first-order chi connectivity index (χ1) is 67.3. The van der Waals surface area contributed by atoms with Crippen molar-refractivity contribution in [2.24, 2.45) is 0 Å². The first-order valence-electron chi connectivity index (χ1n) is 45.7. The molecular formula is C100H110N32O6. The average Bonchev–Trinajstić information content (AvgIpc) is 1.78. The van der Waals surface area contributed by atoms with E-state index < -0.39 is 0 Å². The standard InChI is InChI=1S/C21H24N6O2.C21H24N6.C20H22N6O2.C19H20N8.C19H20N6O2/c1-14(2)22-19-25-20(23-15-7-4-3-5-8-15)27-21(26-19)24-16-9-10-17-18(13-16)29-12-6-11-28-17;1-14(2)22-19-25-20(23-17-9-4-3-5-10-17)27-21(26-19)24-18-12-11-15-7-6-8-16(15)13-18;1-13(2)21-18-24-19(22-14-6-4-3-5-7-14)26-20(25-18)23-15-8-9-16-17(12-15)28-11-10-27-16;1-12(2)20-18-22-16(11-13-7-6-10-15-17(13)26-27-25-15)23-19(24-18)21-14-8-4-3-5-9-14;1-12(2)20-17-23-18(21-13-6-4-3-5-7-13)25-19(24-17)22-14-8-9-15-16(10-14)27-11-26-15/h3-5,7-10,13-14H,6,11-12H2,1-2H3,(H3,22,23,24,25,26,27);3-5,9-14H,6-8H2,1-2H3,(H3,22,23,24,25,26,27);3-9,12-13H,10-11H2,1-2H3,(H3,21,22,23,24,25,26);3-10,12H,11H2,1-2H3,(H,25,26,27)(H2,20,21,22,23,24);3-10,12H,11H2,1-2H3,(H3,20,21,22,23,24,25). The third kappa shape index (κ3) is 28.1. The number of nitrogens with zero attached hydrogens (tertiary/aromatic N) is 17. The van der Waals surface area contributed by atoms with Gasteiger partial charge in [-0.2, -0.15) is 90.2 Å². The Morgan fingerprint density at radius 3 is 0.920 bits per heavy atom. The second kappa shape index (κ2) is 46.3. The van der Waals surface area contributed by atoms with Gasteiger partial charge in [0, 0.05) is 112 Å². The van der Waals surface area contributed by atoms with Crippen molar-refractivity contribution in [3.63, 3.8) is 0 Å². The highest BCUT2D eigenvalue weighted by Crippen LogP contribution is 2.38. The molecule has 38 heteroatoms. The van der Waals surface area contributed by atoms with Gasteiger partial charge < -0.3 is 103 Å². The van der Waals surface area contributed by atoms with Crippen LogP contribution in [0.4, 0.5) is 134 Å². The van der Waals surface area contributed by atoms with E-state index in [0.29, 0.717) is 139 Å². The first kappa shape index (κ1) is 93.9. The number of aromatic amines is 1. The Labute approximate surface area is 798 Å². The molecule has 6 aromatic heterocycles. The second-order valence-corrected chi connectivity index (χ2v) is 33.3. The van der Waals surface area contributed by atoms with Gasteiger partial charge in [-0.3, -0.25) is 0 Å². The molecule has 0 radical (unpaired) electrons. The van der Waals surface area contributed by atoms with E-state index in [9.17, 15) is 0 Å². The number of nitrogens with one attached hydrogen (secondary N) is 15. The normalized spacial score (nSPS) is 12.3. The minimum absolute atomic E-state index is 0.188. The van der Waals surface area contributed by atoms with Crippen molar-refractivity contribution in [3.05, 3.63) is 265 Å². The number of hydrogen-bond acceptors (Lipinski definition) is 37. The van der Waals surface area contributed by atoms with Crippen LogP contribution in [0, 0.1) is 0 Å². The van der Waals surface area contributed by atoms with Gasteiger partial charge in [-0.25, -0.2) is 0 Å². The summed E-state index contributed by atoms with van der Waals surface area (Å²) in [6.07, 6.45) is 4.95. The lowest BCUT2D eigenvalue weighted by Crippen LogP contribution is -2.16. The van der Waals surface area contributed by atoms with Crippen molar-refractivity contribution in [1.29, 1.82) is 0 Å². The number of hydrogen-bond donors (Lipinski definition) is 15. The summed E-state index contributed by atoms with van der Waals surface area (Å²) in [4.78, 5) is 67.4. The number of fused-ring (bicyclic) bond motifs is 5. The predicted octanol–water partition coefficient (Wildman–Crippen LogP) is 20.2. The van der Waals surface area contributed by atoms with E-state index in [0.717, 1.165) is 97.9 Å². The van der Waals surface area contributed by atoms with E-state index in [4.69, 9.17) is 28.4 Å². The molecule has 0 unspecified atom stereocenters. The Morgan fingerprint density at radius 1 is 0.246 bits per heavy atom. The quantitative estimate of drug-likeness (QED) is 0.0199. The Morgan fingerprint density at radius 2 is 0.536 bits per heavy atom. The number of anilines is 23. The topological polar surface area (TPSA) is 459 Å². The van der Waals surface area contributed by atoms with E-state index in [1.165, 1.54) is 24.0 Å². The number of ether oxygens (including phenoxy) is 6. The van der Waals surface area contributed by atoms with Crippen molar-refractivity contribution in [2.75, 3.05) is 108 Å². The van der Waals surface area contributed by atoms with Crippen LogP contribution in [0.5, 0.6) is 34.5 Å². The molecule has 38 nitrogen and oxygen atoms in total. The fraction of sp³-hybridized carbons (Fsp3) is 0.250. The molecule has 15 N–H and O–H groups in total. The molecule has 0 amide bonds. The van der Waals surface area contributed by atoms with Gasteiger partial charge in [0.25, 0.3) is 0 Å². The number of aromatic nitrogens is 18. The van der Waals surface area contributed by atoms with Crippen molar-refractivity contribution in [3.8, 4) is 34.5 Å². The van der Waals surface area contributed by atoms with Crippen molar-refractivity contribution >= 4 is 145 Å². The lowest BCUT2D eigenvalue weighted by Gasteiger charge is -2.19. The third-order valence-electron chi connectivity index (χ3n) is 20.0. The maximum atomic E-state index is 5.76. The minimum Gasteiger partial charge on any atom is -0.490 e. The van der Waals surface area contributed by atoms with Gasteiger partial charge in [0.15, 0.2) is 34.5 Å². The third-order valence-corrected chi connectivity index (χ3v) is 20.0. The van der Waals surface area contributed by atoms with E-state index in [1.807, 2.05) is 280 Å². The number of para-hydroxylation sites is 6. The Balaban J connectivity index is 0.000000125. The summed E-state index contributed by atoms with van der Waals surface area (Å²) in [5.41, 5.74) is 13.5. The molecule has 9 heterocycles. The molecule has 16 aromatic rings. The zero-order valence-corrected chi connectivity index (χ0v) is 78.1. The van der Waals surface area contributed by atoms with Crippen LogP contribution in [0.2, 0.25) is 0 Å². The van der Waals surface area contributed by atoms with E-state index >= 15 is 0 Å². The van der Waals surface area contributed by atoms with Crippen LogP contribution in [-0.4, -0.2) is 154 Å². The summed E-state index contributed by atoms with van der Waals surface area (Å²) < 4.78 is 33.4. The van der Waals surface area contributed by atoms with Crippen LogP contribution in [0.25, 0.3) is 11.0 Å². The summed E-state index contributed by atoms with van der Waals surface area (Å²) in [5.74, 6) is 11.7. The molecule has 706 valence electrons. The van der Waals surface area contributed by atoms with E-state index in [1.54, 1.807) is 0 Å². The summed E-state index contributed by atoms with van der Waals surface area (Å²) >= 11 is 0. The summed E-state index contributed by atoms with van der Waals surface area (Å²) in [7, 11) is 0. The molecule has 0 fully saturated rings. The molecule has 4 aliphatic rings. The zero-order valence-electron chi connectivity index (χ0n) is 78.1. The van der Waals surface area contributed by atoms with Gasteiger partial charge in [0.05, 0.1) is 13.2 Å². The smallest absolute Gasteiger partial charge is 0.233 e. The van der Waals surface area contributed by atoms with Crippen LogP contribution in [-0.2, 0) is 19.3 Å². The second-order valence-electron chi connectivity index (χ2n) is 33.3. The largest absolute Gasteiger partial charge is 0.490 e. The fourth-order valence-electron chi connectivity index (χ4n) is 14.1. The molecule has 138 heavy (non-hydrogen) atoms. The van der Waals surface area contributed by atoms with Crippen molar-refractivity contribution in [2.45, 2.75) is 132 Å². The highest BCUT2D eigenvalue weighted by atomic mass is 16.7. The number of H-pyrrole nitrogens is 1. The molecule has 0 saturated carbocycles. The molecule has 20 rings (SSSR count). The molecule has 0 atom stereocenters. The van der Waals surface area contributed by atoms with Gasteiger partial charge in [-0.05, 0) is 220 Å². The molecule has 10 aromatic carbocycles. The molecule has 3 aliphatic heterocycles. The Bertz CT molecular complexity index is 6510. The van der Waals surface area contributed by atoms with Crippen LogP contribution in [0.3, 0.4) is 0 Å².